The van der Waals surface area contributed by atoms with Crippen molar-refractivity contribution in [2.75, 3.05) is 17.6 Å². The number of rotatable bonds is 6. The van der Waals surface area contributed by atoms with E-state index >= 15 is 0 Å². The minimum atomic E-state index is -0.466. The van der Waals surface area contributed by atoms with Crippen LogP contribution in [-0.2, 0) is 17.8 Å². The summed E-state index contributed by atoms with van der Waals surface area (Å²) in [4.78, 5) is 29.0. The van der Waals surface area contributed by atoms with Gasteiger partial charge in [0, 0.05) is 28.9 Å². The molecule has 0 atom stereocenters. The van der Waals surface area contributed by atoms with E-state index in [9.17, 15) is 9.59 Å². The minimum Gasteiger partial charge on any atom is -0.365 e. The third kappa shape index (κ3) is 4.72. The molecular weight excluding hydrogens is 378 g/mol. The summed E-state index contributed by atoms with van der Waals surface area (Å²) >= 11 is 2.96. The van der Waals surface area contributed by atoms with Crippen LogP contribution < -0.4 is 11.1 Å². The van der Waals surface area contributed by atoms with Gasteiger partial charge in [-0.25, -0.2) is 0 Å². The van der Waals surface area contributed by atoms with Crippen LogP contribution in [0.15, 0.2) is 29.2 Å². The Hall–Kier alpha value is -1.83. The third-order valence-electron chi connectivity index (χ3n) is 4.71. The van der Waals surface area contributed by atoms with Crippen molar-refractivity contribution >= 4 is 39.9 Å². The van der Waals surface area contributed by atoms with E-state index in [4.69, 9.17) is 5.73 Å². The Morgan fingerprint density at radius 3 is 2.63 bits per heavy atom. The number of nitrogens with zero attached hydrogens (tertiary/aromatic N) is 1. The number of thiophene rings is 1. The number of nitrogens with one attached hydrogen (secondary N) is 1. The molecule has 0 fully saturated rings. The van der Waals surface area contributed by atoms with Crippen LogP contribution in [0.3, 0.4) is 0 Å². The number of hydrogen-bond acceptors (Lipinski definition) is 5. The van der Waals surface area contributed by atoms with E-state index in [1.807, 2.05) is 31.2 Å². The van der Waals surface area contributed by atoms with Gasteiger partial charge in [-0.2, -0.15) is 0 Å². The number of anilines is 1. The highest BCUT2D eigenvalue weighted by Crippen LogP contribution is 2.37. The second kappa shape index (κ2) is 8.46. The molecule has 5 nitrogen and oxygen atoms in total. The molecule has 3 N–H and O–H groups in total. The number of amides is 2. The van der Waals surface area contributed by atoms with Crippen LogP contribution in [0.25, 0.3) is 0 Å². The SMILES string of the molecule is Cc1ccc(SCC(=O)Nc2sc3c(c2C(N)=O)CCN(C(C)C)C3)cc1. The number of hydrogen-bond donors (Lipinski definition) is 2. The fourth-order valence-corrected chi connectivity index (χ4v) is 5.15. The second-order valence-electron chi connectivity index (χ2n) is 7.04. The summed E-state index contributed by atoms with van der Waals surface area (Å²) in [6.45, 7) is 8.06. The van der Waals surface area contributed by atoms with Crippen LogP contribution in [-0.4, -0.2) is 35.1 Å². The quantitative estimate of drug-likeness (QED) is 0.722. The zero-order chi connectivity index (χ0) is 19.6. The summed E-state index contributed by atoms with van der Waals surface area (Å²) in [5, 5.41) is 3.50. The van der Waals surface area contributed by atoms with Gasteiger partial charge in [-0.05, 0) is 44.9 Å². The maximum atomic E-state index is 12.4. The lowest BCUT2D eigenvalue weighted by Gasteiger charge is -2.30. The van der Waals surface area contributed by atoms with Crippen LogP contribution in [0.2, 0.25) is 0 Å². The van der Waals surface area contributed by atoms with E-state index in [2.05, 4.69) is 24.1 Å². The molecule has 0 spiro atoms. The van der Waals surface area contributed by atoms with Gasteiger partial charge in [0.05, 0.1) is 11.3 Å². The van der Waals surface area contributed by atoms with E-state index in [0.717, 1.165) is 34.8 Å². The highest BCUT2D eigenvalue weighted by Gasteiger charge is 2.28. The molecule has 1 aromatic carbocycles. The number of aryl methyl sites for hydroxylation is 1. The van der Waals surface area contributed by atoms with Crippen LogP contribution >= 0.6 is 23.1 Å². The summed E-state index contributed by atoms with van der Waals surface area (Å²) in [6.07, 6.45) is 0.788. The lowest BCUT2D eigenvalue weighted by atomic mass is 10.0. The predicted molar refractivity (Wildman–Crippen MR) is 113 cm³/mol. The van der Waals surface area contributed by atoms with E-state index in [1.165, 1.54) is 28.7 Å². The fraction of sp³-hybridized carbons (Fsp3) is 0.400. The number of nitrogens with two attached hydrogens (primary N) is 1. The van der Waals surface area contributed by atoms with E-state index < -0.39 is 5.91 Å². The summed E-state index contributed by atoms with van der Waals surface area (Å²) in [5.74, 6) is -0.295. The van der Waals surface area contributed by atoms with Crippen LogP contribution in [0, 0.1) is 6.92 Å². The molecular formula is C20H25N3O2S2. The highest BCUT2D eigenvalue weighted by atomic mass is 32.2. The number of carbonyl (C=O) groups is 2. The molecule has 2 heterocycles. The van der Waals surface area contributed by atoms with Crippen LogP contribution in [0.4, 0.5) is 5.00 Å². The standard InChI is InChI=1S/C20H25N3O2S2/c1-12(2)23-9-8-15-16(10-23)27-20(18(15)19(21)25)22-17(24)11-26-14-6-4-13(3)5-7-14/h4-7,12H,8-11H2,1-3H3,(H2,21,25)(H,22,24). The molecule has 0 saturated carbocycles. The summed E-state index contributed by atoms with van der Waals surface area (Å²) in [7, 11) is 0. The monoisotopic (exact) mass is 403 g/mol. The lowest BCUT2D eigenvalue weighted by molar-refractivity contribution is -0.113. The predicted octanol–water partition coefficient (Wildman–Crippen LogP) is 3.65. The van der Waals surface area contributed by atoms with Crippen molar-refractivity contribution in [3.8, 4) is 0 Å². The highest BCUT2D eigenvalue weighted by molar-refractivity contribution is 8.00. The number of primary amides is 1. The third-order valence-corrected chi connectivity index (χ3v) is 6.85. The van der Waals surface area contributed by atoms with Crippen molar-refractivity contribution in [2.45, 2.75) is 44.7 Å². The Morgan fingerprint density at radius 2 is 2.00 bits per heavy atom. The smallest absolute Gasteiger partial charge is 0.251 e. The molecule has 7 heteroatoms. The first-order valence-corrected chi connectivity index (χ1v) is 10.8. The molecule has 144 valence electrons. The van der Waals surface area contributed by atoms with Crippen molar-refractivity contribution in [3.05, 3.63) is 45.8 Å². The molecule has 2 aromatic rings. The molecule has 0 bridgehead atoms. The van der Waals surface area contributed by atoms with Crippen molar-refractivity contribution in [3.63, 3.8) is 0 Å². The molecule has 2 amide bonds. The average molecular weight is 404 g/mol. The number of thioether (sulfide) groups is 1. The van der Waals surface area contributed by atoms with Gasteiger partial charge in [-0.15, -0.1) is 23.1 Å². The van der Waals surface area contributed by atoms with Crippen molar-refractivity contribution in [2.24, 2.45) is 5.73 Å². The molecule has 0 aliphatic carbocycles. The molecule has 3 rings (SSSR count). The minimum absolute atomic E-state index is 0.123. The normalized spacial score (nSPS) is 14.2. The zero-order valence-electron chi connectivity index (χ0n) is 15.9. The van der Waals surface area contributed by atoms with E-state index in [-0.39, 0.29) is 5.91 Å². The Labute approximate surface area is 168 Å². The van der Waals surface area contributed by atoms with Gasteiger partial charge in [0.15, 0.2) is 0 Å². The Kier molecular flexibility index (Phi) is 6.24. The molecule has 1 aliphatic heterocycles. The second-order valence-corrected chi connectivity index (χ2v) is 9.19. The fourth-order valence-electron chi connectivity index (χ4n) is 3.16. The topological polar surface area (TPSA) is 75.4 Å². The molecule has 0 saturated heterocycles. The summed E-state index contributed by atoms with van der Waals surface area (Å²) in [5.41, 5.74) is 8.32. The van der Waals surface area contributed by atoms with Gasteiger partial charge in [-0.1, -0.05) is 17.7 Å². The first kappa shape index (κ1) is 19.9. The Bertz CT molecular complexity index is 844. The lowest BCUT2D eigenvalue weighted by Crippen LogP contribution is -2.35. The molecule has 1 aliphatic rings. The molecule has 27 heavy (non-hydrogen) atoms. The molecule has 0 radical (unpaired) electrons. The molecule has 1 aromatic heterocycles. The van der Waals surface area contributed by atoms with Crippen LogP contribution in [0.1, 0.15) is 40.2 Å². The van der Waals surface area contributed by atoms with Gasteiger partial charge >= 0.3 is 0 Å². The maximum Gasteiger partial charge on any atom is 0.251 e. The largest absolute Gasteiger partial charge is 0.365 e. The van der Waals surface area contributed by atoms with Gasteiger partial charge in [0.1, 0.15) is 5.00 Å². The first-order chi connectivity index (χ1) is 12.8. The summed E-state index contributed by atoms with van der Waals surface area (Å²) in [6, 6.07) is 8.51. The van der Waals surface area contributed by atoms with Crippen molar-refractivity contribution in [1.29, 1.82) is 0 Å². The Balaban J connectivity index is 1.71. The van der Waals surface area contributed by atoms with Gasteiger partial charge in [0.2, 0.25) is 5.91 Å². The van der Waals surface area contributed by atoms with E-state index in [1.54, 1.807) is 0 Å². The maximum absolute atomic E-state index is 12.4. The first-order valence-electron chi connectivity index (χ1n) is 9.03. The summed E-state index contributed by atoms with van der Waals surface area (Å²) < 4.78 is 0. The number of carbonyl (C=O) groups excluding carboxylic acids is 2. The average Bonchev–Trinajstić information content (AvgIpc) is 2.98. The molecule has 0 unspecified atom stereocenters. The van der Waals surface area contributed by atoms with Gasteiger partial charge in [-0.3, -0.25) is 14.5 Å². The number of benzene rings is 1. The number of fused-ring (bicyclic) bond motifs is 1. The van der Waals surface area contributed by atoms with E-state index in [0.29, 0.717) is 22.4 Å². The van der Waals surface area contributed by atoms with Crippen LogP contribution in [0.5, 0.6) is 0 Å². The van der Waals surface area contributed by atoms with Crippen molar-refractivity contribution < 1.29 is 9.59 Å². The zero-order valence-corrected chi connectivity index (χ0v) is 17.5. The van der Waals surface area contributed by atoms with Crippen molar-refractivity contribution in [1.82, 2.24) is 4.90 Å². The Morgan fingerprint density at radius 1 is 1.30 bits per heavy atom. The van der Waals surface area contributed by atoms with Gasteiger partial charge in [0.25, 0.3) is 5.91 Å². The van der Waals surface area contributed by atoms with Gasteiger partial charge < -0.3 is 11.1 Å².